The van der Waals surface area contributed by atoms with Gasteiger partial charge in [-0.2, -0.15) is 4.31 Å². The quantitative estimate of drug-likeness (QED) is 0.880. The zero-order valence-corrected chi connectivity index (χ0v) is 15.7. The number of rotatable bonds is 4. The van der Waals surface area contributed by atoms with Crippen molar-refractivity contribution in [1.29, 1.82) is 0 Å². The fourth-order valence-corrected chi connectivity index (χ4v) is 5.15. The van der Waals surface area contributed by atoms with Crippen molar-refractivity contribution in [3.63, 3.8) is 0 Å². The first-order valence-corrected chi connectivity index (χ1v) is 10.4. The Balaban J connectivity index is 1.76. The fourth-order valence-electron chi connectivity index (χ4n) is 2.86. The van der Waals surface area contributed by atoms with Crippen molar-refractivity contribution >= 4 is 32.4 Å². The number of aromatic nitrogens is 2. The number of nitrogens with one attached hydrogen (secondary N) is 1. The molecular formula is C16H20N4O3S2. The van der Waals surface area contributed by atoms with Gasteiger partial charge in [0.05, 0.1) is 4.90 Å². The van der Waals surface area contributed by atoms with Crippen LogP contribution in [-0.2, 0) is 10.0 Å². The molecule has 2 aromatic rings. The second-order valence-corrected chi connectivity index (χ2v) is 9.14. The van der Waals surface area contributed by atoms with E-state index >= 15 is 0 Å². The Morgan fingerprint density at radius 2 is 1.96 bits per heavy atom. The molecule has 1 aromatic carbocycles. The molecule has 0 radical (unpaired) electrons. The minimum absolute atomic E-state index is 0.00219. The maximum absolute atomic E-state index is 12.8. The molecule has 1 aliphatic rings. The van der Waals surface area contributed by atoms with Gasteiger partial charge in [-0.25, -0.2) is 8.42 Å². The highest BCUT2D eigenvalue weighted by molar-refractivity contribution is 7.89. The summed E-state index contributed by atoms with van der Waals surface area (Å²) in [6, 6.07) is 6.01. The number of carbonyl (C=O) groups is 1. The molecule has 25 heavy (non-hydrogen) atoms. The van der Waals surface area contributed by atoms with Crippen molar-refractivity contribution in [3.8, 4) is 0 Å². The van der Waals surface area contributed by atoms with Gasteiger partial charge in [0.15, 0.2) is 0 Å². The van der Waals surface area contributed by atoms with Gasteiger partial charge >= 0.3 is 0 Å². The summed E-state index contributed by atoms with van der Waals surface area (Å²) in [5.41, 5.74) is 0.374. The Hall–Kier alpha value is -1.84. The van der Waals surface area contributed by atoms with Crippen LogP contribution >= 0.6 is 11.3 Å². The number of hydrogen-bond donors (Lipinski definition) is 1. The molecule has 1 N–H and O–H groups in total. The highest BCUT2D eigenvalue weighted by Crippen LogP contribution is 2.25. The van der Waals surface area contributed by atoms with E-state index in [0.717, 1.165) is 24.3 Å². The predicted molar refractivity (Wildman–Crippen MR) is 96.2 cm³/mol. The lowest BCUT2D eigenvalue weighted by Crippen LogP contribution is -2.41. The fraction of sp³-hybridized carbons (Fsp3) is 0.438. The van der Waals surface area contributed by atoms with Gasteiger partial charge in [0, 0.05) is 18.2 Å². The molecule has 1 saturated heterocycles. The van der Waals surface area contributed by atoms with E-state index in [1.807, 2.05) is 6.92 Å². The van der Waals surface area contributed by atoms with Crippen LogP contribution in [0.25, 0.3) is 0 Å². The number of piperidine rings is 1. The number of hydrogen-bond acceptors (Lipinski definition) is 6. The molecule has 1 amide bonds. The largest absolute Gasteiger partial charge is 0.296 e. The molecule has 1 unspecified atom stereocenters. The number of carbonyl (C=O) groups excluding carboxylic acids is 1. The van der Waals surface area contributed by atoms with Crippen LogP contribution in [0.5, 0.6) is 0 Å². The van der Waals surface area contributed by atoms with Gasteiger partial charge in [-0.1, -0.05) is 17.8 Å². The minimum Gasteiger partial charge on any atom is -0.296 e. The molecule has 1 aromatic heterocycles. The maximum Gasteiger partial charge on any atom is 0.257 e. The molecule has 9 heteroatoms. The Morgan fingerprint density at radius 1 is 1.24 bits per heavy atom. The van der Waals surface area contributed by atoms with Gasteiger partial charge in [0.1, 0.15) is 5.01 Å². The lowest BCUT2D eigenvalue weighted by Gasteiger charge is -2.32. The molecule has 0 saturated carbocycles. The Morgan fingerprint density at radius 3 is 2.56 bits per heavy atom. The van der Waals surface area contributed by atoms with E-state index in [2.05, 4.69) is 15.5 Å². The third-order valence-corrected chi connectivity index (χ3v) is 6.99. The molecule has 0 spiro atoms. The second-order valence-electron chi connectivity index (χ2n) is 6.07. The molecule has 2 heterocycles. The second kappa shape index (κ2) is 7.19. The van der Waals surface area contributed by atoms with Crippen molar-refractivity contribution in [2.45, 2.75) is 44.0 Å². The zero-order valence-electron chi connectivity index (χ0n) is 14.1. The number of sulfonamides is 1. The van der Waals surface area contributed by atoms with Crippen LogP contribution in [0.1, 0.15) is 41.6 Å². The van der Waals surface area contributed by atoms with Gasteiger partial charge in [0.25, 0.3) is 5.91 Å². The highest BCUT2D eigenvalue weighted by Gasteiger charge is 2.30. The van der Waals surface area contributed by atoms with E-state index in [0.29, 0.717) is 17.2 Å². The van der Waals surface area contributed by atoms with E-state index < -0.39 is 10.0 Å². The zero-order chi connectivity index (χ0) is 18.0. The summed E-state index contributed by atoms with van der Waals surface area (Å²) in [5.74, 6) is -0.341. The molecular weight excluding hydrogens is 360 g/mol. The molecule has 7 nitrogen and oxygen atoms in total. The van der Waals surface area contributed by atoms with Crippen LogP contribution in [-0.4, -0.2) is 41.4 Å². The summed E-state index contributed by atoms with van der Waals surface area (Å²) in [4.78, 5) is 12.4. The lowest BCUT2D eigenvalue weighted by molar-refractivity contribution is 0.102. The first-order valence-electron chi connectivity index (χ1n) is 8.11. The van der Waals surface area contributed by atoms with E-state index in [-0.39, 0.29) is 16.8 Å². The van der Waals surface area contributed by atoms with Crippen molar-refractivity contribution in [3.05, 3.63) is 34.8 Å². The Kier molecular flexibility index (Phi) is 5.16. The summed E-state index contributed by atoms with van der Waals surface area (Å²) >= 11 is 1.28. The number of amides is 1. The summed E-state index contributed by atoms with van der Waals surface area (Å²) < 4.78 is 27.1. The first kappa shape index (κ1) is 18.0. The average Bonchev–Trinajstić information content (AvgIpc) is 3.00. The molecule has 1 fully saturated rings. The third-order valence-electron chi connectivity index (χ3n) is 4.21. The molecule has 134 valence electrons. The summed E-state index contributed by atoms with van der Waals surface area (Å²) in [5, 5.41) is 11.5. The van der Waals surface area contributed by atoms with Crippen LogP contribution in [0, 0.1) is 6.92 Å². The van der Waals surface area contributed by atoms with Crippen molar-refractivity contribution < 1.29 is 13.2 Å². The van der Waals surface area contributed by atoms with Gasteiger partial charge in [-0.15, -0.1) is 10.2 Å². The van der Waals surface area contributed by atoms with E-state index in [1.165, 1.54) is 35.6 Å². The third kappa shape index (κ3) is 3.88. The molecule has 0 bridgehead atoms. The number of aryl methyl sites for hydroxylation is 1. The van der Waals surface area contributed by atoms with Gasteiger partial charge in [-0.05, 0) is 51.0 Å². The molecule has 1 aliphatic heterocycles. The van der Waals surface area contributed by atoms with Gasteiger partial charge in [-0.3, -0.25) is 10.1 Å². The normalized spacial score (nSPS) is 18.9. The SMILES string of the molecule is Cc1nnc(NC(=O)c2ccc(S(=O)(=O)N3CCCCC3C)cc2)s1. The number of anilines is 1. The lowest BCUT2D eigenvalue weighted by atomic mass is 10.1. The van der Waals surface area contributed by atoms with Crippen LogP contribution in [0.3, 0.4) is 0 Å². The molecule has 0 aliphatic carbocycles. The van der Waals surface area contributed by atoms with E-state index in [1.54, 1.807) is 11.2 Å². The number of benzene rings is 1. The van der Waals surface area contributed by atoms with Crippen LogP contribution < -0.4 is 5.32 Å². The average molecular weight is 380 g/mol. The van der Waals surface area contributed by atoms with Gasteiger partial charge in [0.2, 0.25) is 15.2 Å². The van der Waals surface area contributed by atoms with Crippen LogP contribution in [0.15, 0.2) is 29.2 Å². The molecule has 3 rings (SSSR count). The summed E-state index contributed by atoms with van der Waals surface area (Å²) in [6.07, 6.45) is 2.81. The standard InChI is InChI=1S/C16H20N4O3S2/c1-11-5-3-4-10-20(11)25(22,23)14-8-6-13(7-9-14)15(21)17-16-19-18-12(2)24-16/h6-9,11H,3-5,10H2,1-2H3,(H,17,19,21). The Labute approximate surface area is 151 Å². The minimum atomic E-state index is -3.53. The van der Waals surface area contributed by atoms with Crippen molar-refractivity contribution in [1.82, 2.24) is 14.5 Å². The van der Waals surface area contributed by atoms with Gasteiger partial charge < -0.3 is 0 Å². The smallest absolute Gasteiger partial charge is 0.257 e. The van der Waals surface area contributed by atoms with Crippen LogP contribution in [0.4, 0.5) is 5.13 Å². The first-order chi connectivity index (χ1) is 11.9. The highest BCUT2D eigenvalue weighted by atomic mass is 32.2. The maximum atomic E-state index is 12.8. The van der Waals surface area contributed by atoms with E-state index in [4.69, 9.17) is 0 Å². The summed E-state index contributed by atoms with van der Waals surface area (Å²) in [7, 11) is -3.53. The van der Waals surface area contributed by atoms with E-state index in [9.17, 15) is 13.2 Å². The van der Waals surface area contributed by atoms with Crippen LogP contribution in [0.2, 0.25) is 0 Å². The number of nitrogens with zero attached hydrogens (tertiary/aromatic N) is 3. The predicted octanol–water partition coefficient (Wildman–Crippen LogP) is 2.66. The molecule has 1 atom stereocenters. The monoisotopic (exact) mass is 380 g/mol. The Bertz CT molecular complexity index is 862. The van der Waals surface area contributed by atoms with Crippen molar-refractivity contribution in [2.24, 2.45) is 0 Å². The summed E-state index contributed by atoms with van der Waals surface area (Å²) in [6.45, 7) is 4.28. The topological polar surface area (TPSA) is 92.3 Å². The van der Waals surface area contributed by atoms with Crippen molar-refractivity contribution in [2.75, 3.05) is 11.9 Å².